The summed E-state index contributed by atoms with van der Waals surface area (Å²) in [7, 11) is 0. The molecule has 0 radical (unpaired) electrons. The molecule has 0 heterocycles. The summed E-state index contributed by atoms with van der Waals surface area (Å²) >= 11 is 2.97. The molecule has 0 spiro atoms. The zero-order chi connectivity index (χ0) is 14.0. The van der Waals surface area contributed by atoms with Gasteiger partial charge in [0.25, 0.3) is 0 Å². The summed E-state index contributed by atoms with van der Waals surface area (Å²) in [6.07, 6.45) is 5.28. The molecule has 0 bridgehead atoms. The second-order valence-corrected chi connectivity index (χ2v) is 6.30. The quantitative estimate of drug-likeness (QED) is 0.518. The fourth-order valence-corrected chi connectivity index (χ4v) is 3.09. The smallest absolute Gasteiger partial charge is 0.325 e. The molecule has 0 aromatic carbocycles. The molecule has 0 aromatic heterocycles. The van der Waals surface area contributed by atoms with Crippen LogP contribution in [-0.2, 0) is 9.53 Å². The summed E-state index contributed by atoms with van der Waals surface area (Å²) < 4.78 is 5.08. The first-order valence-corrected chi connectivity index (χ1v) is 8.40. The lowest BCUT2D eigenvalue weighted by atomic mass is 10.1. The van der Waals surface area contributed by atoms with Gasteiger partial charge in [-0.25, -0.2) is 0 Å². The highest BCUT2D eigenvalue weighted by atomic mass is 32.2. The van der Waals surface area contributed by atoms with Crippen LogP contribution >= 0.6 is 23.5 Å². The number of nitrogens with zero attached hydrogens (tertiary/aromatic N) is 1. The predicted octanol–water partition coefficient (Wildman–Crippen LogP) is 2.13. The first-order valence-electron chi connectivity index (χ1n) is 5.83. The molecule has 6 heteroatoms. The van der Waals surface area contributed by atoms with E-state index in [-0.39, 0.29) is 17.1 Å². The lowest BCUT2D eigenvalue weighted by Crippen LogP contribution is -2.26. The van der Waals surface area contributed by atoms with Gasteiger partial charge in [0.2, 0.25) is 0 Å². The molecule has 0 saturated heterocycles. The van der Waals surface area contributed by atoms with Crippen LogP contribution in [0.5, 0.6) is 0 Å². The number of carbonyl (C=O) groups is 1. The highest BCUT2D eigenvalue weighted by molar-refractivity contribution is 8.16. The molecule has 0 fully saturated rings. The van der Waals surface area contributed by atoms with Crippen LogP contribution in [-0.4, -0.2) is 41.4 Å². The Morgan fingerprint density at radius 3 is 2.50 bits per heavy atom. The van der Waals surface area contributed by atoms with E-state index in [2.05, 4.69) is 0 Å². The third kappa shape index (κ3) is 6.53. The second kappa shape index (κ2) is 10.5. The minimum atomic E-state index is -0.722. The average molecular weight is 291 g/mol. The first kappa shape index (κ1) is 17.6. The fourth-order valence-electron chi connectivity index (χ4n) is 1.43. The van der Waals surface area contributed by atoms with Crippen molar-refractivity contribution in [3.8, 4) is 6.07 Å². The molecule has 1 N–H and O–H groups in total. The van der Waals surface area contributed by atoms with Crippen LogP contribution in [0.1, 0.15) is 19.8 Å². The van der Waals surface area contributed by atoms with Gasteiger partial charge in [-0.3, -0.25) is 4.79 Å². The van der Waals surface area contributed by atoms with E-state index < -0.39 is 11.9 Å². The summed E-state index contributed by atoms with van der Waals surface area (Å²) in [6, 6.07) is 2.01. The highest BCUT2D eigenvalue weighted by Gasteiger charge is 2.28. The molecule has 0 saturated carbocycles. The molecule has 0 amide bonds. The van der Waals surface area contributed by atoms with Gasteiger partial charge < -0.3 is 9.84 Å². The van der Waals surface area contributed by atoms with Crippen molar-refractivity contribution in [1.29, 1.82) is 5.26 Å². The summed E-state index contributed by atoms with van der Waals surface area (Å²) in [6.45, 7) is 2.43. The Morgan fingerprint density at radius 1 is 1.44 bits per heavy atom. The number of nitriles is 1. The number of aliphatic hydroxyl groups excluding tert-OH is 1. The van der Waals surface area contributed by atoms with Crippen molar-refractivity contribution in [3.05, 3.63) is 0 Å². The van der Waals surface area contributed by atoms with Gasteiger partial charge >= 0.3 is 5.97 Å². The maximum Gasteiger partial charge on any atom is 0.325 e. The van der Waals surface area contributed by atoms with Crippen molar-refractivity contribution in [2.24, 2.45) is 11.8 Å². The van der Waals surface area contributed by atoms with Crippen molar-refractivity contribution in [2.45, 2.75) is 24.3 Å². The highest BCUT2D eigenvalue weighted by Crippen LogP contribution is 2.27. The number of esters is 1. The monoisotopic (exact) mass is 291 g/mol. The summed E-state index contributed by atoms with van der Waals surface area (Å²) in [5.41, 5.74) is 0. The molecule has 0 aromatic rings. The fraction of sp³-hybridized carbons (Fsp3) is 0.833. The van der Waals surface area contributed by atoms with E-state index in [0.29, 0.717) is 13.0 Å². The number of hydrogen-bond donors (Lipinski definition) is 1. The molecular weight excluding hydrogens is 270 g/mol. The zero-order valence-electron chi connectivity index (χ0n) is 11.1. The summed E-state index contributed by atoms with van der Waals surface area (Å²) in [5.74, 6) is -0.954. The van der Waals surface area contributed by atoms with E-state index in [1.54, 1.807) is 0 Å². The van der Waals surface area contributed by atoms with Crippen LogP contribution in [0.25, 0.3) is 0 Å². The Hall–Kier alpha value is -0.380. The van der Waals surface area contributed by atoms with E-state index in [4.69, 9.17) is 15.1 Å². The largest absolute Gasteiger partial charge is 0.464 e. The molecule has 2 unspecified atom stereocenters. The van der Waals surface area contributed by atoms with Crippen LogP contribution in [0.3, 0.4) is 0 Å². The number of aliphatic hydroxyl groups is 1. The zero-order valence-corrected chi connectivity index (χ0v) is 12.7. The van der Waals surface area contributed by atoms with Crippen LogP contribution < -0.4 is 0 Å². The molecule has 0 aliphatic rings. The molecule has 104 valence electrons. The maximum absolute atomic E-state index is 11.8. The van der Waals surface area contributed by atoms with E-state index in [1.165, 1.54) is 23.5 Å². The van der Waals surface area contributed by atoms with Gasteiger partial charge in [0, 0.05) is 6.61 Å². The Labute approximate surface area is 117 Å². The van der Waals surface area contributed by atoms with Gasteiger partial charge in [-0.1, -0.05) is 6.92 Å². The van der Waals surface area contributed by atoms with Crippen LogP contribution in [0, 0.1) is 23.2 Å². The minimum absolute atomic E-state index is 0.0877. The van der Waals surface area contributed by atoms with E-state index in [9.17, 15) is 4.79 Å². The molecule has 4 nitrogen and oxygen atoms in total. The van der Waals surface area contributed by atoms with Crippen molar-refractivity contribution >= 4 is 29.5 Å². The van der Waals surface area contributed by atoms with Crippen LogP contribution in [0.4, 0.5) is 0 Å². The van der Waals surface area contributed by atoms with Crippen molar-refractivity contribution in [3.63, 3.8) is 0 Å². The molecule has 0 aliphatic carbocycles. The Morgan fingerprint density at radius 2 is 2.06 bits per heavy atom. The molecule has 0 aliphatic heterocycles. The Balaban J connectivity index is 4.17. The maximum atomic E-state index is 11.8. The molecule has 2 atom stereocenters. The lowest BCUT2D eigenvalue weighted by Gasteiger charge is -2.18. The number of ether oxygens (including phenoxy) is 1. The SMILES string of the molecule is CSC(SC)C(C#N)C(=O)OCC(C)CCCO. The third-order valence-electron chi connectivity index (χ3n) is 2.49. The Kier molecular flexibility index (Phi) is 10.3. The number of thioether (sulfide) groups is 2. The minimum Gasteiger partial charge on any atom is -0.464 e. The molecule has 18 heavy (non-hydrogen) atoms. The average Bonchev–Trinajstić information content (AvgIpc) is 2.39. The topological polar surface area (TPSA) is 70.3 Å². The van der Waals surface area contributed by atoms with Gasteiger partial charge in [0.05, 0.1) is 17.3 Å². The van der Waals surface area contributed by atoms with E-state index in [1.807, 2.05) is 25.5 Å². The van der Waals surface area contributed by atoms with Crippen molar-refractivity contribution in [2.75, 3.05) is 25.7 Å². The third-order valence-corrected chi connectivity index (χ3v) is 5.12. The van der Waals surface area contributed by atoms with Crippen molar-refractivity contribution < 1.29 is 14.6 Å². The van der Waals surface area contributed by atoms with Gasteiger partial charge in [0.1, 0.15) is 0 Å². The van der Waals surface area contributed by atoms with Crippen molar-refractivity contribution in [1.82, 2.24) is 0 Å². The van der Waals surface area contributed by atoms with Gasteiger partial charge in [-0.05, 0) is 31.3 Å². The lowest BCUT2D eigenvalue weighted by molar-refractivity contribution is -0.147. The van der Waals surface area contributed by atoms with Crippen LogP contribution in [0.15, 0.2) is 0 Å². The second-order valence-electron chi connectivity index (χ2n) is 4.05. The number of rotatable bonds is 9. The van der Waals surface area contributed by atoms with Gasteiger partial charge in [-0.15, -0.1) is 23.5 Å². The Bertz CT molecular complexity index is 277. The summed E-state index contributed by atoms with van der Waals surface area (Å²) in [4.78, 5) is 11.8. The predicted molar refractivity (Wildman–Crippen MR) is 76.4 cm³/mol. The standard InChI is InChI=1S/C12H21NO3S2/c1-9(5-4-6-14)8-16-11(15)10(7-13)12(17-2)18-3/h9-10,12,14H,4-6,8H2,1-3H3. The molecular formula is C12H21NO3S2. The first-order chi connectivity index (χ1) is 8.60. The number of hydrogen-bond acceptors (Lipinski definition) is 6. The number of carbonyl (C=O) groups excluding carboxylic acids is 1. The van der Waals surface area contributed by atoms with Crippen LogP contribution in [0.2, 0.25) is 0 Å². The summed E-state index contributed by atoms with van der Waals surface area (Å²) in [5, 5.41) is 17.7. The van der Waals surface area contributed by atoms with E-state index in [0.717, 1.165) is 6.42 Å². The molecule has 0 rings (SSSR count). The van der Waals surface area contributed by atoms with Gasteiger partial charge in [-0.2, -0.15) is 5.26 Å². The van der Waals surface area contributed by atoms with Gasteiger partial charge in [0.15, 0.2) is 5.92 Å². The normalized spacial score (nSPS) is 14.0. The van der Waals surface area contributed by atoms with E-state index >= 15 is 0 Å².